The van der Waals surface area contributed by atoms with E-state index in [1.807, 2.05) is 48.5 Å². The zero-order valence-corrected chi connectivity index (χ0v) is 22.7. The molecule has 0 saturated carbocycles. The summed E-state index contributed by atoms with van der Waals surface area (Å²) in [6.45, 7) is 5.54. The second-order valence-electron chi connectivity index (χ2n) is 9.53. The van der Waals surface area contributed by atoms with Crippen LogP contribution >= 0.6 is 11.6 Å². The predicted molar refractivity (Wildman–Crippen MR) is 146 cm³/mol. The maximum atomic E-state index is 13.2. The van der Waals surface area contributed by atoms with Crippen molar-refractivity contribution in [2.24, 2.45) is 0 Å². The standard InChI is InChI=1S/C28H29ClN2O5S/c1-28(2,3)36-27(32)25-20-10-6-7-11-22(20)31-26(25)19-13-14-21(29)24(17-19)37(33,34)30-16-15-18-9-5-8-12-23(18)35-4/h5-14,17,30-31H,15-16H2,1-4H3. The molecule has 37 heavy (non-hydrogen) atoms. The van der Waals surface area contributed by atoms with Crippen molar-refractivity contribution >= 4 is 38.5 Å². The molecule has 0 saturated heterocycles. The topological polar surface area (TPSA) is 97.5 Å². The Balaban J connectivity index is 1.68. The van der Waals surface area contributed by atoms with Crippen molar-refractivity contribution in [3.05, 3.63) is 82.9 Å². The van der Waals surface area contributed by atoms with E-state index in [1.165, 1.54) is 12.1 Å². The maximum absolute atomic E-state index is 13.2. The molecule has 0 aliphatic heterocycles. The zero-order chi connectivity index (χ0) is 26.8. The summed E-state index contributed by atoms with van der Waals surface area (Å²) in [7, 11) is -2.38. The Morgan fingerprint density at radius 1 is 1.03 bits per heavy atom. The van der Waals surface area contributed by atoms with Gasteiger partial charge in [0.25, 0.3) is 0 Å². The van der Waals surface area contributed by atoms with Crippen LogP contribution in [0.4, 0.5) is 0 Å². The van der Waals surface area contributed by atoms with Crippen LogP contribution in [0, 0.1) is 0 Å². The van der Waals surface area contributed by atoms with Gasteiger partial charge >= 0.3 is 5.97 Å². The molecule has 194 valence electrons. The van der Waals surface area contributed by atoms with E-state index < -0.39 is 21.6 Å². The highest BCUT2D eigenvalue weighted by atomic mass is 35.5. The summed E-state index contributed by atoms with van der Waals surface area (Å²) in [5, 5.41) is 0.754. The minimum Gasteiger partial charge on any atom is -0.496 e. The first-order valence-electron chi connectivity index (χ1n) is 11.8. The molecule has 0 spiro atoms. The third-order valence-electron chi connectivity index (χ3n) is 5.70. The summed E-state index contributed by atoms with van der Waals surface area (Å²) in [5.41, 5.74) is 2.19. The van der Waals surface area contributed by atoms with Gasteiger partial charge in [-0.05, 0) is 57.0 Å². The van der Waals surface area contributed by atoms with Crippen molar-refractivity contribution in [2.45, 2.75) is 37.7 Å². The highest BCUT2D eigenvalue weighted by Crippen LogP contribution is 2.35. The number of nitrogens with one attached hydrogen (secondary N) is 2. The zero-order valence-electron chi connectivity index (χ0n) is 21.1. The lowest BCUT2D eigenvalue weighted by atomic mass is 10.0. The molecule has 0 atom stereocenters. The number of aromatic nitrogens is 1. The Labute approximate surface area is 221 Å². The second-order valence-corrected chi connectivity index (χ2v) is 11.7. The van der Waals surface area contributed by atoms with Crippen LogP contribution in [0.15, 0.2) is 71.6 Å². The number of rotatable bonds is 8. The molecule has 0 aliphatic rings. The normalized spacial score (nSPS) is 12.0. The third-order valence-corrected chi connectivity index (χ3v) is 7.64. The molecular formula is C28H29ClN2O5S. The van der Waals surface area contributed by atoms with Crippen molar-refractivity contribution in [3.63, 3.8) is 0 Å². The first-order valence-corrected chi connectivity index (χ1v) is 13.6. The van der Waals surface area contributed by atoms with E-state index in [0.717, 1.165) is 11.1 Å². The van der Waals surface area contributed by atoms with Crippen LogP contribution < -0.4 is 9.46 Å². The Kier molecular flexibility index (Phi) is 7.64. The van der Waals surface area contributed by atoms with Crippen LogP contribution in [-0.4, -0.2) is 38.6 Å². The first kappa shape index (κ1) is 26.7. The van der Waals surface area contributed by atoms with E-state index in [0.29, 0.717) is 34.4 Å². The molecule has 1 heterocycles. The summed E-state index contributed by atoms with van der Waals surface area (Å²) >= 11 is 6.34. The summed E-state index contributed by atoms with van der Waals surface area (Å²) in [5.74, 6) is 0.185. The SMILES string of the molecule is COc1ccccc1CCNS(=O)(=O)c1cc(-c2[nH]c3ccccc3c2C(=O)OC(C)(C)C)ccc1Cl. The Morgan fingerprint density at radius 3 is 2.46 bits per heavy atom. The van der Waals surface area contributed by atoms with Gasteiger partial charge in [0.05, 0.1) is 23.4 Å². The summed E-state index contributed by atoms with van der Waals surface area (Å²) < 4.78 is 40.1. The number of ether oxygens (including phenoxy) is 2. The summed E-state index contributed by atoms with van der Waals surface area (Å²) in [6.07, 6.45) is 0.436. The fourth-order valence-electron chi connectivity index (χ4n) is 4.07. The number of carbonyl (C=O) groups excluding carboxylic acids is 1. The molecule has 2 N–H and O–H groups in total. The van der Waals surface area contributed by atoms with Crippen LogP contribution in [-0.2, 0) is 21.2 Å². The van der Waals surface area contributed by atoms with Crippen molar-refractivity contribution in [1.29, 1.82) is 0 Å². The largest absolute Gasteiger partial charge is 0.496 e. The average molecular weight is 541 g/mol. The molecule has 3 aromatic carbocycles. The number of carbonyl (C=O) groups is 1. The molecule has 0 fully saturated rings. The van der Waals surface area contributed by atoms with Crippen molar-refractivity contribution < 1.29 is 22.7 Å². The molecule has 9 heteroatoms. The number of sulfonamides is 1. The Morgan fingerprint density at radius 2 is 1.73 bits per heavy atom. The van der Waals surface area contributed by atoms with Crippen LogP contribution in [0.5, 0.6) is 5.75 Å². The van der Waals surface area contributed by atoms with Gasteiger partial charge in [0.1, 0.15) is 16.2 Å². The first-order chi connectivity index (χ1) is 17.5. The van der Waals surface area contributed by atoms with Gasteiger partial charge in [-0.25, -0.2) is 17.9 Å². The number of fused-ring (bicyclic) bond motifs is 1. The minimum absolute atomic E-state index is 0.0727. The van der Waals surface area contributed by atoms with Crippen molar-refractivity contribution in [2.75, 3.05) is 13.7 Å². The molecule has 0 aliphatic carbocycles. The van der Waals surface area contributed by atoms with Gasteiger partial charge in [-0.1, -0.05) is 54.1 Å². The van der Waals surface area contributed by atoms with Gasteiger partial charge in [0.2, 0.25) is 10.0 Å². The fourth-order valence-corrected chi connectivity index (χ4v) is 5.63. The number of hydrogen-bond acceptors (Lipinski definition) is 5. The second kappa shape index (κ2) is 10.6. The number of methoxy groups -OCH3 is 1. The Bertz CT molecular complexity index is 1550. The van der Waals surface area contributed by atoms with Gasteiger partial charge < -0.3 is 14.5 Å². The lowest BCUT2D eigenvalue weighted by Gasteiger charge is -2.20. The van der Waals surface area contributed by atoms with Gasteiger partial charge in [-0.15, -0.1) is 0 Å². The number of H-pyrrole nitrogens is 1. The maximum Gasteiger partial charge on any atom is 0.341 e. The molecule has 0 amide bonds. The van der Waals surface area contributed by atoms with Crippen LogP contribution in [0.1, 0.15) is 36.7 Å². The van der Waals surface area contributed by atoms with E-state index in [-0.39, 0.29) is 16.5 Å². The summed E-state index contributed by atoms with van der Waals surface area (Å²) in [4.78, 5) is 16.4. The van der Waals surface area contributed by atoms with Gasteiger partial charge in [0, 0.05) is 23.0 Å². The smallest absolute Gasteiger partial charge is 0.341 e. The summed E-state index contributed by atoms with van der Waals surface area (Å²) in [6, 6.07) is 19.4. The van der Waals surface area contributed by atoms with Gasteiger partial charge in [-0.2, -0.15) is 0 Å². The molecular weight excluding hydrogens is 512 g/mol. The van der Waals surface area contributed by atoms with E-state index in [1.54, 1.807) is 33.9 Å². The van der Waals surface area contributed by atoms with Crippen molar-refractivity contribution in [3.8, 4) is 17.0 Å². The lowest BCUT2D eigenvalue weighted by Crippen LogP contribution is -2.26. The molecule has 1 aromatic heterocycles. The Hall–Kier alpha value is -3.33. The van der Waals surface area contributed by atoms with Crippen LogP contribution in [0.2, 0.25) is 5.02 Å². The number of esters is 1. The monoisotopic (exact) mass is 540 g/mol. The van der Waals surface area contributed by atoms with Gasteiger partial charge in [0.15, 0.2) is 0 Å². The highest BCUT2D eigenvalue weighted by molar-refractivity contribution is 7.89. The molecule has 0 bridgehead atoms. The lowest BCUT2D eigenvalue weighted by molar-refractivity contribution is 0.00728. The van der Waals surface area contributed by atoms with E-state index >= 15 is 0 Å². The number of aromatic amines is 1. The van der Waals surface area contributed by atoms with Crippen LogP contribution in [0.3, 0.4) is 0 Å². The highest BCUT2D eigenvalue weighted by Gasteiger charge is 2.26. The molecule has 4 aromatic rings. The van der Waals surface area contributed by atoms with Crippen molar-refractivity contribution in [1.82, 2.24) is 9.71 Å². The quantitative estimate of drug-likeness (QED) is 0.268. The third kappa shape index (κ3) is 5.98. The molecule has 4 rings (SSSR count). The van der Waals surface area contributed by atoms with E-state index in [2.05, 4.69) is 9.71 Å². The fraction of sp³-hybridized carbons (Fsp3) is 0.250. The van der Waals surface area contributed by atoms with E-state index in [4.69, 9.17) is 21.1 Å². The minimum atomic E-state index is -3.96. The molecule has 7 nitrogen and oxygen atoms in total. The predicted octanol–water partition coefficient (Wildman–Crippen LogP) is 5.97. The number of para-hydroxylation sites is 2. The number of hydrogen-bond donors (Lipinski definition) is 2. The molecule has 0 unspecified atom stereocenters. The average Bonchev–Trinajstić information content (AvgIpc) is 3.23. The van der Waals surface area contributed by atoms with Crippen LogP contribution in [0.25, 0.3) is 22.2 Å². The molecule has 0 radical (unpaired) electrons. The number of halogens is 1. The van der Waals surface area contributed by atoms with E-state index in [9.17, 15) is 13.2 Å². The number of benzene rings is 3. The van der Waals surface area contributed by atoms with Gasteiger partial charge in [-0.3, -0.25) is 0 Å².